The molecule has 0 aromatic heterocycles. The van der Waals surface area contributed by atoms with Gasteiger partial charge in [-0.05, 0) is 44.5 Å². The third-order valence-electron chi connectivity index (χ3n) is 1.73. The summed E-state index contributed by atoms with van der Waals surface area (Å²) in [7, 11) is 0. The Morgan fingerprint density at radius 3 is 2.57 bits per heavy atom. The average molecular weight is 214 g/mol. The summed E-state index contributed by atoms with van der Waals surface area (Å²) in [4.78, 5) is 0. The van der Waals surface area contributed by atoms with Crippen LogP contribution in [0.3, 0.4) is 0 Å². The first-order chi connectivity index (χ1) is 6.38. The first kappa shape index (κ1) is 11.3. The fourth-order valence-corrected chi connectivity index (χ4v) is 1.17. The topological polar surface area (TPSA) is 35.2 Å². The maximum Gasteiger partial charge on any atom is 0.0739 e. The molecule has 0 amide bonds. The Kier molecular flexibility index (Phi) is 3.40. The molecule has 0 aliphatic carbocycles. The highest BCUT2D eigenvalue weighted by Gasteiger charge is 2.11. The van der Waals surface area contributed by atoms with Crippen molar-refractivity contribution in [1.29, 1.82) is 0 Å². The average Bonchev–Trinajstić information content (AvgIpc) is 2.05. The molecule has 2 nitrogen and oxygen atoms in total. The van der Waals surface area contributed by atoms with Gasteiger partial charge in [-0.15, -0.1) is 0 Å². The molecule has 1 aromatic rings. The van der Waals surface area contributed by atoms with Gasteiger partial charge in [-0.1, -0.05) is 11.6 Å². The second-order valence-corrected chi connectivity index (χ2v) is 4.66. The van der Waals surface area contributed by atoms with Gasteiger partial charge in [0.2, 0.25) is 0 Å². The van der Waals surface area contributed by atoms with Crippen molar-refractivity contribution < 1.29 is 4.74 Å². The van der Waals surface area contributed by atoms with E-state index in [-0.39, 0.29) is 5.60 Å². The van der Waals surface area contributed by atoms with Crippen molar-refractivity contribution in [3.05, 3.63) is 28.8 Å². The fourth-order valence-electron chi connectivity index (χ4n) is 1.000. The van der Waals surface area contributed by atoms with Crippen molar-refractivity contribution in [3.8, 4) is 0 Å². The first-order valence-corrected chi connectivity index (χ1v) is 4.94. The number of hydrogen-bond donors (Lipinski definition) is 1. The van der Waals surface area contributed by atoms with Crippen LogP contribution < -0.4 is 5.73 Å². The Balaban J connectivity index is 2.72. The van der Waals surface area contributed by atoms with E-state index >= 15 is 0 Å². The molecule has 0 saturated carbocycles. The summed E-state index contributed by atoms with van der Waals surface area (Å²) >= 11 is 5.99. The van der Waals surface area contributed by atoms with Crippen molar-refractivity contribution in [2.24, 2.45) is 0 Å². The van der Waals surface area contributed by atoms with E-state index in [2.05, 4.69) is 0 Å². The SMILES string of the molecule is CC(C)(C)OCc1cc(N)ccc1Cl. The Morgan fingerprint density at radius 2 is 2.00 bits per heavy atom. The molecule has 0 spiro atoms. The number of rotatable bonds is 2. The lowest BCUT2D eigenvalue weighted by Gasteiger charge is -2.20. The lowest BCUT2D eigenvalue weighted by atomic mass is 10.1. The molecule has 0 aliphatic heterocycles. The van der Waals surface area contributed by atoms with Gasteiger partial charge >= 0.3 is 0 Å². The zero-order valence-corrected chi connectivity index (χ0v) is 9.56. The minimum absolute atomic E-state index is 0.159. The number of halogens is 1. The number of ether oxygens (including phenoxy) is 1. The zero-order valence-electron chi connectivity index (χ0n) is 8.80. The molecule has 0 unspecified atom stereocenters. The van der Waals surface area contributed by atoms with Gasteiger partial charge in [0.15, 0.2) is 0 Å². The monoisotopic (exact) mass is 213 g/mol. The molecule has 1 aromatic carbocycles. The fraction of sp³-hybridized carbons (Fsp3) is 0.455. The van der Waals surface area contributed by atoms with Crippen LogP contribution in [0.5, 0.6) is 0 Å². The van der Waals surface area contributed by atoms with Gasteiger partial charge < -0.3 is 10.5 Å². The van der Waals surface area contributed by atoms with Crippen molar-refractivity contribution in [3.63, 3.8) is 0 Å². The summed E-state index contributed by atoms with van der Waals surface area (Å²) in [6.45, 7) is 6.51. The van der Waals surface area contributed by atoms with Crippen LogP contribution in [0, 0.1) is 0 Å². The molecule has 0 heterocycles. The number of anilines is 1. The van der Waals surface area contributed by atoms with E-state index in [1.54, 1.807) is 12.1 Å². The minimum Gasteiger partial charge on any atom is -0.399 e. The molecule has 0 saturated heterocycles. The summed E-state index contributed by atoms with van der Waals surface area (Å²) in [5.74, 6) is 0. The van der Waals surface area contributed by atoms with E-state index in [1.807, 2.05) is 26.8 Å². The lowest BCUT2D eigenvalue weighted by Crippen LogP contribution is -2.18. The van der Waals surface area contributed by atoms with Crippen LogP contribution in [0.15, 0.2) is 18.2 Å². The standard InChI is InChI=1S/C11H16ClNO/c1-11(2,3)14-7-8-6-9(13)4-5-10(8)12/h4-6H,7,13H2,1-3H3. The minimum atomic E-state index is -0.159. The lowest BCUT2D eigenvalue weighted by molar-refractivity contribution is -0.0149. The van der Waals surface area contributed by atoms with E-state index in [9.17, 15) is 0 Å². The van der Waals surface area contributed by atoms with Crippen LogP contribution >= 0.6 is 11.6 Å². The van der Waals surface area contributed by atoms with Crippen LogP contribution in [0.4, 0.5) is 5.69 Å². The van der Waals surface area contributed by atoms with Crippen LogP contribution in [0.25, 0.3) is 0 Å². The molecule has 0 radical (unpaired) electrons. The highest BCUT2D eigenvalue weighted by atomic mass is 35.5. The van der Waals surface area contributed by atoms with Gasteiger partial charge in [0.05, 0.1) is 12.2 Å². The smallest absolute Gasteiger partial charge is 0.0739 e. The van der Waals surface area contributed by atoms with Gasteiger partial charge in [-0.25, -0.2) is 0 Å². The van der Waals surface area contributed by atoms with Gasteiger partial charge in [0, 0.05) is 10.7 Å². The number of benzene rings is 1. The predicted molar refractivity (Wildman–Crippen MR) is 60.4 cm³/mol. The van der Waals surface area contributed by atoms with Gasteiger partial charge in [-0.2, -0.15) is 0 Å². The normalized spacial score (nSPS) is 11.7. The number of nitrogen functional groups attached to an aromatic ring is 1. The van der Waals surface area contributed by atoms with Crippen molar-refractivity contribution >= 4 is 17.3 Å². The van der Waals surface area contributed by atoms with E-state index in [0.29, 0.717) is 17.3 Å². The molecule has 3 heteroatoms. The Labute approximate surface area is 90.0 Å². The molecule has 0 bridgehead atoms. The highest BCUT2D eigenvalue weighted by Crippen LogP contribution is 2.21. The Morgan fingerprint density at radius 1 is 1.36 bits per heavy atom. The van der Waals surface area contributed by atoms with Gasteiger partial charge in [-0.3, -0.25) is 0 Å². The molecule has 1 rings (SSSR count). The molecular formula is C11H16ClNO. The summed E-state index contributed by atoms with van der Waals surface area (Å²) in [5, 5.41) is 0.698. The van der Waals surface area contributed by atoms with Crippen LogP contribution in [0.2, 0.25) is 5.02 Å². The third-order valence-corrected chi connectivity index (χ3v) is 2.10. The maximum atomic E-state index is 5.99. The highest BCUT2D eigenvalue weighted by molar-refractivity contribution is 6.31. The summed E-state index contributed by atoms with van der Waals surface area (Å²) in [5.41, 5.74) is 7.14. The predicted octanol–water partition coefficient (Wildman–Crippen LogP) is 3.24. The Hall–Kier alpha value is -0.730. The van der Waals surface area contributed by atoms with Crippen LogP contribution in [-0.4, -0.2) is 5.60 Å². The number of nitrogens with two attached hydrogens (primary N) is 1. The van der Waals surface area contributed by atoms with Gasteiger partial charge in [0.25, 0.3) is 0 Å². The summed E-state index contributed by atoms with van der Waals surface area (Å²) < 4.78 is 5.61. The maximum absolute atomic E-state index is 5.99. The molecule has 0 atom stereocenters. The molecule has 78 valence electrons. The van der Waals surface area contributed by atoms with Crippen molar-refractivity contribution in [2.75, 3.05) is 5.73 Å². The molecule has 0 aliphatic rings. The second kappa shape index (κ2) is 4.20. The zero-order chi connectivity index (χ0) is 10.8. The van der Waals surface area contributed by atoms with Gasteiger partial charge in [0.1, 0.15) is 0 Å². The number of hydrogen-bond acceptors (Lipinski definition) is 2. The largest absolute Gasteiger partial charge is 0.399 e. The molecule has 2 N–H and O–H groups in total. The quantitative estimate of drug-likeness (QED) is 0.766. The van der Waals surface area contributed by atoms with E-state index in [0.717, 1.165) is 5.56 Å². The third kappa shape index (κ3) is 3.56. The van der Waals surface area contributed by atoms with E-state index in [1.165, 1.54) is 0 Å². The molecular weight excluding hydrogens is 198 g/mol. The molecule has 0 fully saturated rings. The molecule has 14 heavy (non-hydrogen) atoms. The van der Waals surface area contributed by atoms with Crippen LogP contribution in [0.1, 0.15) is 26.3 Å². The van der Waals surface area contributed by atoms with Crippen molar-refractivity contribution in [1.82, 2.24) is 0 Å². The Bertz CT molecular complexity index is 318. The second-order valence-electron chi connectivity index (χ2n) is 4.25. The summed E-state index contributed by atoms with van der Waals surface area (Å²) in [6, 6.07) is 5.41. The van der Waals surface area contributed by atoms with Crippen LogP contribution in [-0.2, 0) is 11.3 Å². The van der Waals surface area contributed by atoms with E-state index < -0.39 is 0 Å². The first-order valence-electron chi connectivity index (χ1n) is 4.56. The van der Waals surface area contributed by atoms with E-state index in [4.69, 9.17) is 22.1 Å². The summed E-state index contributed by atoms with van der Waals surface area (Å²) in [6.07, 6.45) is 0. The van der Waals surface area contributed by atoms with Crippen molar-refractivity contribution in [2.45, 2.75) is 33.0 Å².